The Kier molecular flexibility index (Phi) is 4.98. The van der Waals surface area contributed by atoms with Crippen LogP contribution in [0.25, 0.3) is 0 Å². The molecule has 2 nitrogen and oxygen atoms in total. The lowest BCUT2D eigenvalue weighted by Gasteiger charge is -2.21. The van der Waals surface area contributed by atoms with Crippen molar-refractivity contribution in [2.45, 2.75) is 12.2 Å². The van der Waals surface area contributed by atoms with Crippen LogP contribution in [0.15, 0.2) is 48.5 Å². The molecule has 0 saturated carbocycles. The second kappa shape index (κ2) is 6.58. The monoisotopic (exact) mass is 347 g/mol. The molecule has 0 saturated heterocycles. The number of hydrogen-bond acceptors (Lipinski definition) is 1. The number of hydrogen-bond donors (Lipinski definition) is 1. The van der Waals surface area contributed by atoms with Gasteiger partial charge in [-0.25, -0.2) is 0 Å². The minimum Gasteiger partial charge on any atom is -0.337 e. The SMILES string of the molecule is O=C(NC(c1ccc(Cl)cc1)c1ccc(Cl)cc1)C(F)(F)F. The molecule has 2 aromatic rings. The van der Waals surface area contributed by atoms with Gasteiger partial charge in [-0.1, -0.05) is 47.5 Å². The average Bonchev–Trinajstić information content (AvgIpc) is 2.46. The number of carbonyl (C=O) groups excluding carboxylic acids is 1. The maximum Gasteiger partial charge on any atom is 0.471 e. The van der Waals surface area contributed by atoms with E-state index < -0.39 is 18.1 Å². The standard InChI is InChI=1S/C15H10Cl2F3NO/c16-11-5-1-9(2-6-11)13(21-14(22)15(18,19)20)10-3-7-12(17)8-4-10/h1-8,13H,(H,21,22). The molecule has 0 spiro atoms. The molecule has 0 atom stereocenters. The van der Waals surface area contributed by atoms with E-state index in [0.29, 0.717) is 21.2 Å². The lowest BCUT2D eigenvalue weighted by atomic mass is 9.98. The van der Waals surface area contributed by atoms with E-state index >= 15 is 0 Å². The van der Waals surface area contributed by atoms with Crippen molar-refractivity contribution in [3.8, 4) is 0 Å². The summed E-state index contributed by atoms with van der Waals surface area (Å²) in [5.41, 5.74) is 0.952. The summed E-state index contributed by atoms with van der Waals surface area (Å²) in [5.74, 6) is -2.01. The number of nitrogens with one attached hydrogen (secondary N) is 1. The van der Waals surface area contributed by atoms with Crippen molar-refractivity contribution in [2.75, 3.05) is 0 Å². The molecule has 0 aliphatic heterocycles. The minimum absolute atomic E-state index is 0.445. The highest BCUT2D eigenvalue weighted by atomic mass is 35.5. The Morgan fingerprint density at radius 1 is 0.864 bits per heavy atom. The molecule has 0 aliphatic carbocycles. The summed E-state index contributed by atoms with van der Waals surface area (Å²) in [6, 6.07) is 11.4. The molecular weight excluding hydrogens is 338 g/mol. The molecule has 116 valence electrons. The van der Waals surface area contributed by atoms with Crippen LogP contribution in [0.1, 0.15) is 17.2 Å². The number of halogens is 5. The highest BCUT2D eigenvalue weighted by Gasteiger charge is 2.40. The summed E-state index contributed by atoms with van der Waals surface area (Å²) in [6.07, 6.45) is -4.96. The molecule has 0 heterocycles. The normalized spacial score (nSPS) is 11.5. The quantitative estimate of drug-likeness (QED) is 0.851. The van der Waals surface area contributed by atoms with Gasteiger partial charge in [0.05, 0.1) is 6.04 Å². The zero-order valence-electron chi connectivity index (χ0n) is 11.0. The summed E-state index contributed by atoms with van der Waals surface area (Å²) in [4.78, 5) is 11.3. The molecule has 22 heavy (non-hydrogen) atoms. The third-order valence-corrected chi connectivity index (χ3v) is 3.44. The third kappa shape index (κ3) is 4.15. The largest absolute Gasteiger partial charge is 0.471 e. The Morgan fingerprint density at radius 2 is 1.23 bits per heavy atom. The molecule has 0 unspecified atom stereocenters. The number of alkyl halides is 3. The van der Waals surface area contributed by atoms with Crippen LogP contribution in [-0.2, 0) is 4.79 Å². The van der Waals surface area contributed by atoms with Crippen molar-refractivity contribution in [2.24, 2.45) is 0 Å². The summed E-state index contributed by atoms with van der Waals surface area (Å²) >= 11 is 11.6. The lowest BCUT2D eigenvalue weighted by molar-refractivity contribution is -0.174. The van der Waals surface area contributed by atoms with Crippen LogP contribution >= 0.6 is 23.2 Å². The Balaban J connectivity index is 2.38. The summed E-state index contributed by atoms with van der Waals surface area (Å²) in [7, 11) is 0. The molecule has 0 radical (unpaired) electrons. The van der Waals surface area contributed by atoms with E-state index in [0.717, 1.165) is 0 Å². The second-order valence-electron chi connectivity index (χ2n) is 4.51. The van der Waals surface area contributed by atoms with Crippen molar-refractivity contribution in [3.05, 3.63) is 69.7 Å². The van der Waals surface area contributed by atoms with E-state index in [9.17, 15) is 18.0 Å². The van der Waals surface area contributed by atoms with E-state index in [1.54, 1.807) is 48.5 Å². The Morgan fingerprint density at radius 3 is 1.55 bits per heavy atom. The number of carbonyl (C=O) groups is 1. The predicted molar refractivity (Wildman–Crippen MR) is 78.9 cm³/mol. The van der Waals surface area contributed by atoms with E-state index in [4.69, 9.17) is 23.2 Å². The van der Waals surface area contributed by atoms with Crippen LogP contribution in [0, 0.1) is 0 Å². The Bertz CT molecular complexity index is 608. The lowest BCUT2D eigenvalue weighted by Crippen LogP contribution is -2.39. The first-order valence-corrected chi connectivity index (χ1v) is 6.91. The fourth-order valence-electron chi connectivity index (χ4n) is 1.88. The number of rotatable bonds is 3. The molecule has 0 fully saturated rings. The zero-order valence-corrected chi connectivity index (χ0v) is 12.5. The van der Waals surface area contributed by atoms with Crippen molar-refractivity contribution in [1.29, 1.82) is 0 Å². The maximum atomic E-state index is 12.5. The van der Waals surface area contributed by atoms with Crippen LogP contribution in [0.4, 0.5) is 13.2 Å². The summed E-state index contributed by atoms with van der Waals surface area (Å²) < 4.78 is 37.5. The molecule has 1 amide bonds. The van der Waals surface area contributed by atoms with Crippen LogP contribution in [0.5, 0.6) is 0 Å². The smallest absolute Gasteiger partial charge is 0.337 e. The van der Waals surface area contributed by atoms with Gasteiger partial charge >= 0.3 is 12.1 Å². The van der Waals surface area contributed by atoms with Gasteiger partial charge in [0, 0.05) is 10.0 Å². The second-order valence-corrected chi connectivity index (χ2v) is 5.38. The van der Waals surface area contributed by atoms with Gasteiger partial charge in [-0.15, -0.1) is 0 Å². The number of benzene rings is 2. The molecule has 0 aromatic heterocycles. The predicted octanol–water partition coefficient (Wildman–Crippen LogP) is 4.76. The van der Waals surface area contributed by atoms with Crippen LogP contribution in [0.3, 0.4) is 0 Å². The highest BCUT2D eigenvalue weighted by molar-refractivity contribution is 6.30. The van der Waals surface area contributed by atoms with Gasteiger partial charge in [-0.2, -0.15) is 13.2 Å². The molecular formula is C15H10Cl2F3NO. The number of amides is 1. The molecule has 1 N–H and O–H groups in total. The van der Waals surface area contributed by atoms with Crippen LogP contribution in [0.2, 0.25) is 10.0 Å². The zero-order chi connectivity index (χ0) is 16.3. The summed E-state index contributed by atoms with van der Waals surface area (Å²) in [6.45, 7) is 0. The average molecular weight is 348 g/mol. The molecule has 2 aromatic carbocycles. The van der Waals surface area contributed by atoms with E-state index in [2.05, 4.69) is 0 Å². The minimum atomic E-state index is -4.96. The maximum absolute atomic E-state index is 12.5. The third-order valence-electron chi connectivity index (χ3n) is 2.94. The topological polar surface area (TPSA) is 29.1 Å². The van der Waals surface area contributed by atoms with Gasteiger partial charge in [0.15, 0.2) is 0 Å². The van der Waals surface area contributed by atoms with E-state index in [-0.39, 0.29) is 0 Å². The van der Waals surface area contributed by atoms with Crippen molar-refractivity contribution < 1.29 is 18.0 Å². The first-order chi connectivity index (χ1) is 10.3. The van der Waals surface area contributed by atoms with Gasteiger partial charge in [0.25, 0.3) is 0 Å². The van der Waals surface area contributed by atoms with Gasteiger partial charge < -0.3 is 5.32 Å². The van der Waals surface area contributed by atoms with Crippen LogP contribution < -0.4 is 5.32 Å². The first kappa shape index (κ1) is 16.6. The van der Waals surface area contributed by atoms with Gasteiger partial charge in [-0.05, 0) is 35.4 Å². The van der Waals surface area contributed by atoms with Crippen LogP contribution in [-0.4, -0.2) is 12.1 Å². The molecule has 0 aliphatic rings. The Labute approximate surface area is 134 Å². The van der Waals surface area contributed by atoms with Crippen molar-refractivity contribution in [3.63, 3.8) is 0 Å². The first-order valence-electron chi connectivity index (χ1n) is 6.16. The van der Waals surface area contributed by atoms with Crippen molar-refractivity contribution >= 4 is 29.1 Å². The molecule has 2 rings (SSSR count). The van der Waals surface area contributed by atoms with E-state index in [1.165, 1.54) is 0 Å². The summed E-state index contributed by atoms with van der Waals surface area (Å²) in [5, 5.41) is 2.87. The fourth-order valence-corrected chi connectivity index (χ4v) is 2.13. The van der Waals surface area contributed by atoms with Crippen molar-refractivity contribution in [1.82, 2.24) is 5.32 Å². The fraction of sp³-hybridized carbons (Fsp3) is 0.133. The molecule has 7 heteroatoms. The highest BCUT2D eigenvalue weighted by Crippen LogP contribution is 2.26. The Hall–Kier alpha value is -1.72. The molecule has 0 bridgehead atoms. The van der Waals surface area contributed by atoms with E-state index in [1.807, 2.05) is 5.32 Å². The van der Waals surface area contributed by atoms with Gasteiger partial charge in [0.2, 0.25) is 0 Å². The van der Waals surface area contributed by atoms with Gasteiger partial charge in [-0.3, -0.25) is 4.79 Å². The van der Waals surface area contributed by atoms with Gasteiger partial charge in [0.1, 0.15) is 0 Å².